The summed E-state index contributed by atoms with van der Waals surface area (Å²) in [6.07, 6.45) is 1.67. The van der Waals surface area contributed by atoms with Crippen molar-refractivity contribution in [3.63, 3.8) is 0 Å². The van der Waals surface area contributed by atoms with Crippen molar-refractivity contribution < 1.29 is 4.92 Å². The van der Waals surface area contributed by atoms with Crippen LogP contribution in [0.1, 0.15) is 11.3 Å². The Bertz CT molecular complexity index is 1330. The van der Waals surface area contributed by atoms with Gasteiger partial charge in [0.05, 0.1) is 28.8 Å². The smallest absolute Gasteiger partial charge is 0.358 e. The molecule has 0 aliphatic heterocycles. The average Bonchev–Trinajstić information content (AvgIpc) is 3.40. The van der Waals surface area contributed by atoms with E-state index in [1.54, 1.807) is 33.8 Å². The maximum atomic E-state index is 10.9. The first-order chi connectivity index (χ1) is 13.6. The molecule has 0 saturated heterocycles. The van der Waals surface area contributed by atoms with Crippen molar-refractivity contribution in [2.75, 3.05) is 0 Å². The van der Waals surface area contributed by atoms with Gasteiger partial charge < -0.3 is 10.1 Å². The quantitative estimate of drug-likeness (QED) is 0.343. The van der Waals surface area contributed by atoms with Gasteiger partial charge in [0, 0.05) is 5.56 Å². The molecule has 0 spiro atoms. The van der Waals surface area contributed by atoms with E-state index in [1.165, 1.54) is 6.07 Å². The van der Waals surface area contributed by atoms with Crippen LogP contribution in [0.4, 0.5) is 5.82 Å². The summed E-state index contributed by atoms with van der Waals surface area (Å²) >= 11 is 1.57. The van der Waals surface area contributed by atoms with E-state index in [1.807, 2.05) is 35.7 Å². The highest BCUT2D eigenvalue weighted by Gasteiger charge is 2.16. The summed E-state index contributed by atoms with van der Waals surface area (Å²) < 4.78 is 3.31. The minimum atomic E-state index is -0.485. The molecule has 4 aromatic heterocycles. The molecule has 4 heterocycles. The molecule has 0 saturated carbocycles. The molecular weight excluding hydrogens is 378 g/mol. The van der Waals surface area contributed by atoms with Crippen LogP contribution in [0.25, 0.3) is 27.3 Å². The summed E-state index contributed by atoms with van der Waals surface area (Å²) in [7, 11) is 0. The van der Waals surface area contributed by atoms with Crippen molar-refractivity contribution in [1.29, 1.82) is 0 Å². The Morgan fingerprint density at radius 2 is 2.00 bits per heavy atom. The fourth-order valence-corrected chi connectivity index (χ4v) is 3.79. The van der Waals surface area contributed by atoms with E-state index < -0.39 is 4.92 Å². The van der Waals surface area contributed by atoms with Crippen LogP contribution in [0.3, 0.4) is 0 Å². The van der Waals surface area contributed by atoms with Crippen LogP contribution >= 0.6 is 11.3 Å². The highest BCUT2D eigenvalue weighted by Crippen LogP contribution is 2.24. The van der Waals surface area contributed by atoms with Gasteiger partial charge in [0.15, 0.2) is 11.5 Å². The van der Waals surface area contributed by atoms with Crippen LogP contribution in [0.2, 0.25) is 0 Å². The summed E-state index contributed by atoms with van der Waals surface area (Å²) in [5, 5.41) is 22.4. The van der Waals surface area contributed by atoms with Gasteiger partial charge in [-0.1, -0.05) is 24.3 Å². The molecule has 0 amide bonds. The number of aromatic nitrogens is 6. The Balaban J connectivity index is 1.45. The van der Waals surface area contributed by atoms with E-state index in [-0.39, 0.29) is 5.82 Å². The number of hydrogen-bond donors (Lipinski definition) is 0. The summed E-state index contributed by atoms with van der Waals surface area (Å²) in [5.41, 5.74) is 3.39. The molecule has 5 rings (SSSR count). The first-order valence-corrected chi connectivity index (χ1v) is 9.33. The maximum Gasteiger partial charge on any atom is 0.390 e. The monoisotopic (exact) mass is 391 g/mol. The van der Waals surface area contributed by atoms with Gasteiger partial charge in [0.1, 0.15) is 11.2 Å². The van der Waals surface area contributed by atoms with E-state index in [0.717, 1.165) is 32.7 Å². The minimum absolute atomic E-state index is 0.142. The van der Waals surface area contributed by atoms with Gasteiger partial charge in [-0.3, -0.25) is 0 Å². The lowest BCUT2D eigenvalue weighted by molar-refractivity contribution is -0.389. The molecule has 0 aliphatic rings. The molecule has 5 aromatic rings. The van der Waals surface area contributed by atoms with Gasteiger partial charge in [-0.15, -0.1) is 16.4 Å². The maximum absolute atomic E-state index is 10.9. The standard InChI is InChI=1S/C18H13N7O2S/c1-11-8-15(25(26)27)21-23(11)9-12-2-4-13(5-3-12)16-20-17-14-6-7-28-18(14)19-10-24(17)22-16/h2-8,10H,9H2,1H3. The van der Waals surface area contributed by atoms with Crippen molar-refractivity contribution >= 4 is 33.0 Å². The Morgan fingerprint density at radius 3 is 2.75 bits per heavy atom. The molecule has 0 fully saturated rings. The third kappa shape index (κ3) is 2.70. The lowest BCUT2D eigenvalue weighted by Crippen LogP contribution is -2.04. The number of fused-ring (bicyclic) bond motifs is 3. The van der Waals surface area contributed by atoms with Crippen LogP contribution in [0.5, 0.6) is 0 Å². The fourth-order valence-electron chi connectivity index (χ4n) is 3.06. The lowest BCUT2D eigenvalue weighted by Gasteiger charge is -2.02. The number of nitrogens with zero attached hydrogens (tertiary/aromatic N) is 7. The number of rotatable bonds is 4. The third-order valence-electron chi connectivity index (χ3n) is 4.50. The molecular formula is C18H13N7O2S. The summed E-state index contributed by atoms with van der Waals surface area (Å²) in [6.45, 7) is 2.26. The molecule has 0 aliphatic carbocycles. The van der Waals surface area contributed by atoms with Crippen molar-refractivity contribution in [3.05, 3.63) is 69.5 Å². The Labute approximate surface area is 162 Å². The molecule has 0 atom stereocenters. The van der Waals surface area contributed by atoms with Gasteiger partial charge in [-0.25, -0.2) is 14.5 Å². The van der Waals surface area contributed by atoms with Gasteiger partial charge in [-0.05, 0) is 28.9 Å². The van der Waals surface area contributed by atoms with Crippen LogP contribution in [-0.4, -0.2) is 34.3 Å². The molecule has 10 heteroatoms. The highest BCUT2D eigenvalue weighted by atomic mass is 32.1. The van der Waals surface area contributed by atoms with E-state index in [2.05, 4.69) is 20.2 Å². The van der Waals surface area contributed by atoms with Gasteiger partial charge in [0.2, 0.25) is 0 Å². The predicted molar refractivity (Wildman–Crippen MR) is 104 cm³/mol. The Morgan fingerprint density at radius 1 is 1.18 bits per heavy atom. The van der Waals surface area contributed by atoms with E-state index in [9.17, 15) is 10.1 Å². The molecule has 28 heavy (non-hydrogen) atoms. The predicted octanol–water partition coefficient (Wildman–Crippen LogP) is 3.47. The zero-order valence-corrected chi connectivity index (χ0v) is 15.5. The number of aryl methyl sites for hydroxylation is 1. The molecule has 138 valence electrons. The number of hydrogen-bond acceptors (Lipinski definition) is 7. The SMILES string of the molecule is Cc1cc([N+](=O)[O-])nn1Cc1ccc(-c2nc3c4ccsc4ncn3n2)cc1. The van der Waals surface area contributed by atoms with Gasteiger partial charge >= 0.3 is 5.82 Å². The van der Waals surface area contributed by atoms with Crippen LogP contribution < -0.4 is 0 Å². The second-order valence-electron chi connectivity index (χ2n) is 6.34. The van der Waals surface area contributed by atoms with Crippen LogP contribution in [-0.2, 0) is 6.54 Å². The minimum Gasteiger partial charge on any atom is -0.358 e. The van der Waals surface area contributed by atoms with Crippen molar-refractivity contribution in [2.45, 2.75) is 13.5 Å². The average molecular weight is 391 g/mol. The zero-order chi connectivity index (χ0) is 19.3. The first-order valence-electron chi connectivity index (χ1n) is 8.45. The largest absolute Gasteiger partial charge is 0.390 e. The first kappa shape index (κ1) is 16.5. The van der Waals surface area contributed by atoms with Crippen molar-refractivity contribution in [2.24, 2.45) is 0 Å². The molecule has 1 aromatic carbocycles. The topological polar surface area (TPSA) is 104 Å². The second kappa shape index (κ2) is 6.20. The molecule has 0 N–H and O–H groups in total. The van der Waals surface area contributed by atoms with E-state index >= 15 is 0 Å². The molecule has 0 radical (unpaired) electrons. The number of nitro groups is 1. The Kier molecular flexibility index (Phi) is 3.66. The Hall–Kier alpha value is -3.66. The summed E-state index contributed by atoms with van der Waals surface area (Å²) in [6, 6.07) is 11.2. The van der Waals surface area contributed by atoms with Gasteiger partial charge in [0.25, 0.3) is 0 Å². The van der Waals surface area contributed by atoms with Crippen LogP contribution in [0.15, 0.2) is 48.1 Å². The normalized spacial score (nSPS) is 11.5. The molecule has 0 unspecified atom stereocenters. The third-order valence-corrected chi connectivity index (χ3v) is 5.32. The summed E-state index contributed by atoms with van der Waals surface area (Å²) in [5.74, 6) is 0.481. The fraction of sp³-hybridized carbons (Fsp3) is 0.111. The number of benzene rings is 1. The molecule has 9 nitrogen and oxygen atoms in total. The summed E-state index contributed by atoms with van der Waals surface area (Å²) in [4.78, 5) is 20.4. The van der Waals surface area contributed by atoms with E-state index in [4.69, 9.17) is 0 Å². The molecule has 0 bridgehead atoms. The lowest BCUT2D eigenvalue weighted by atomic mass is 10.1. The van der Waals surface area contributed by atoms with Crippen LogP contribution in [0, 0.1) is 17.0 Å². The van der Waals surface area contributed by atoms with Gasteiger partial charge in [-0.2, -0.15) is 4.68 Å². The van der Waals surface area contributed by atoms with Crippen molar-refractivity contribution in [1.82, 2.24) is 29.4 Å². The number of thiophene rings is 1. The van der Waals surface area contributed by atoms with E-state index in [0.29, 0.717) is 12.4 Å². The second-order valence-corrected chi connectivity index (χ2v) is 7.24. The zero-order valence-electron chi connectivity index (χ0n) is 14.7. The highest BCUT2D eigenvalue weighted by molar-refractivity contribution is 7.16. The van der Waals surface area contributed by atoms with Crippen molar-refractivity contribution in [3.8, 4) is 11.4 Å².